The van der Waals surface area contributed by atoms with Crippen molar-refractivity contribution in [3.05, 3.63) is 27.2 Å². The minimum absolute atomic E-state index is 0.269. The van der Waals surface area contributed by atoms with Gasteiger partial charge in [-0.3, -0.25) is 4.79 Å². The van der Waals surface area contributed by atoms with Crippen LogP contribution < -0.4 is 4.74 Å². The summed E-state index contributed by atoms with van der Waals surface area (Å²) in [5.74, 6) is 1.12. The Hall–Kier alpha value is -0.740. The Morgan fingerprint density at radius 1 is 1.47 bits per heavy atom. The zero-order valence-corrected chi connectivity index (χ0v) is 13.1. The summed E-state index contributed by atoms with van der Waals surface area (Å²) in [7, 11) is 0. The monoisotopic (exact) mass is 346 g/mol. The lowest BCUT2D eigenvalue weighted by Gasteiger charge is -2.11. The second-order valence-corrected chi connectivity index (χ2v) is 5.99. The average molecular weight is 348 g/mol. The summed E-state index contributed by atoms with van der Waals surface area (Å²) < 4.78 is 11.5. The number of carbonyl (C=O) groups is 1. The molecule has 0 spiro atoms. The molecule has 0 aromatic heterocycles. The van der Waals surface area contributed by atoms with Gasteiger partial charge in [0.2, 0.25) is 0 Å². The Labute approximate surface area is 126 Å². The quantitative estimate of drug-likeness (QED) is 0.730. The molecule has 1 aromatic rings. The summed E-state index contributed by atoms with van der Waals surface area (Å²) in [6.45, 7) is 2.49. The molecule has 0 amide bonds. The van der Waals surface area contributed by atoms with E-state index in [9.17, 15) is 4.79 Å². The topological polar surface area (TPSA) is 35.5 Å². The Kier molecular flexibility index (Phi) is 5.11. The van der Waals surface area contributed by atoms with Gasteiger partial charge in [0.1, 0.15) is 0 Å². The van der Waals surface area contributed by atoms with Crippen molar-refractivity contribution < 1.29 is 14.3 Å². The number of benzene rings is 1. The number of hydrogen-bond acceptors (Lipinski definition) is 3. The van der Waals surface area contributed by atoms with Gasteiger partial charge in [-0.2, -0.15) is 0 Å². The summed E-state index contributed by atoms with van der Waals surface area (Å²) in [6, 6.07) is 3.82. The Balaban J connectivity index is 1.96. The fourth-order valence-corrected chi connectivity index (χ4v) is 2.73. The van der Waals surface area contributed by atoms with E-state index in [-0.39, 0.29) is 5.97 Å². The highest BCUT2D eigenvalue weighted by Gasteiger charge is 2.23. The summed E-state index contributed by atoms with van der Waals surface area (Å²) >= 11 is 9.69. The molecule has 0 heterocycles. The van der Waals surface area contributed by atoms with E-state index in [2.05, 4.69) is 15.9 Å². The maximum atomic E-state index is 10.7. The van der Waals surface area contributed by atoms with Crippen LogP contribution in [0.25, 0.3) is 0 Å². The van der Waals surface area contributed by atoms with Crippen LogP contribution in [0.2, 0.25) is 5.02 Å². The van der Waals surface area contributed by atoms with Crippen molar-refractivity contribution in [3.63, 3.8) is 0 Å². The molecule has 1 aliphatic carbocycles. The van der Waals surface area contributed by atoms with Crippen LogP contribution >= 0.6 is 27.5 Å². The van der Waals surface area contributed by atoms with Gasteiger partial charge in [-0.1, -0.05) is 11.6 Å². The highest BCUT2D eigenvalue weighted by molar-refractivity contribution is 9.10. The number of carbonyl (C=O) groups excluding carboxylic acids is 1. The van der Waals surface area contributed by atoms with Crippen molar-refractivity contribution in [2.45, 2.75) is 26.2 Å². The van der Waals surface area contributed by atoms with Gasteiger partial charge in [0.05, 0.1) is 22.7 Å². The second-order valence-electron chi connectivity index (χ2n) is 4.73. The number of ether oxygens (including phenoxy) is 2. The molecule has 1 aliphatic rings. The number of hydrogen-bond donors (Lipinski definition) is 0. The van der Waals surface area contributed by atoms with Gasteiger partial charge in [-0.25, -0.2) is 0 Å². The van der Waals surface area contributed by atoms with Crippen LogP contribution in [0.4, 0.5) is 0 Å². The molecule has 1 fully saturated rings. The van der Waals surface area contributed by atoms with E-state index >= 15 is 0 Å². The molecule has 2 rings (SSSR count). The highest BCUT2D eigenvalue weighted by Crippen LogP contribution is 2.37. The molecule has 0 aliphatic heterocycles. The normalized spacial score (nSPS) is 14.3. The zero-order valence-electron chi connectivity index (χ0n) is 10.7. The molecule has 0 radical (unpaired) electrons. The van der Waals surface area contributed by atoms with Crippen LogP contribution in [0.3, 0.4) is 0 Å². The molecule has 0 bridgehead atoms. The van der Waals surface area contributed by atoms with Gasteiger partial charge in [0.25, 0.3) is 0 Å². The summed E-state index contributed by atoms with van der Waals surface area (Å²) in [4.78, 5) is 10.7. The van der Waals surface area contributed by atoms with E-state index in [0.717, 1.165) is 16.6 Å². The van der Waals surface area contributed by atoms with Gasteiger partial charge in [0.15, 0.2) is 5.75 Å². The molecule has 104 valence electrons. The average Bonchev–Trinajstić information content (AvgIpc) is 3.11. The first-order chi connectivity index (χ1) is 9.06. The predicted molar refractivity (Wildman–Crippen MR) is 77.7 cm³/mol. The first-order valence-electron chi connectivity index (χ1n) is 6.30. The first kappa shape index (κ1) is 14.7. The van der Waals surface area contributed by atoms with Crippen LogP contribution in [0.15, 0.2) is 16.6 Å². The van der Waals surface area contributed by atoms with Crippen LogP contribution in [-0.2, 0) is 16.0 Å². The Bertz CT molecular complexity index is 449. The fraction of sp³-hybridized carbons (Fsp3) is 0.500. The van der Waals surface area contributed by atoms with Crippen LogP contribution in [-0.4, -0.2) is 19.2 Å². The Morgan fingerprint density at radius 3 is 2.79 bits per heavy atom. The molecule has 0 saturated heterocycles. The maximum Gasteiger partial charge on any atom is 0.302 e. The number of halogens is 2. The molecule has 0 atom stereocenters. The van der Waals surface area contributed by atoms with Gasteiger partial charge < -0.3 is 9.47 Å². The number of esters is 1. The molecule has 1 aromatic carbocycles. The molecule has 3 nitrogen and oxygen atoms in total. The van der Waals surface area contributed by atoms with E-state index in [1.807, 2.05) is 12.1 Å². The van der Waals surface area contributed by atoms with E-state index in [0.29, 0.717) is 29.7 Å². The van der Waals surface area contributed by atoms with Crippen LogP contribution in [0.1, 0.15) is 25.3 Å². The van der Waals surface area contributed by atoms with E-state index in [1.165, 1.54) is 19.8 Å². The number of rotatable bonds is 6. The minimum Gasteiger partial charge on any atom is -0.491 e. The van der Waals surface area contributed by atoms with Crippen molar-refractivity contribution >= 4 is 33.5 Å². The minimum atomic E-state index is -0.269. The van der Waals surface area contributed by atoms with Crippen molar-refractivity contribution in [2.75, 3.05) is 13.2 Å². The third-order valence-corrected chi connectivity index (χ3v) is 3.78. The van der Waals surface area contributed by atoms with Crippen molar-refractivity contribution in [2.24, 2.45) is 5.92 Å². The summed E-state index contributed by atoms with van der Waals surface area (Å²) in [5.41, 5.74) is 1.01. The Morgan fingerprint density at radius 2 is 2.21 bits per heavy atom. The lowest BCUT2D eigenvalue weighted by atomic mass is 10.1. The predicted octanol–water partition coefficient (Wildman–Crippen LogP) is 4.00. The SMILES string of the molecule is CC(=O)OCCc1cc(Cl)c(OCC2CC2)c(Br)c1. The largest absolute Gasteiger partial charge is 0.491 e. The van der Waals surface area contributed by atoms with Crippen LogP contribution in [0, 0.1) is 5.92 Å². The third kappa shape index (κ3) is 4.69. The molecule has 19 heavy (non-hydrogen) atoms. The molecule has 0 N–H and O–H groups in total. The van der Waals surface area contributed by atoms with Crippen molar-refractivity contribution in [1.29, 1.82) is 0 Å². The van der Waals surface area contributed by atoms with Crippen molar-refractivity contribution in [3.8, 4) is 5.75 Å². The summed E-state index contributed by atoms with van der Waals surface area (Å²) in [5, 5.41) is 0.591. The molecule has 0 unspecified atom stereocenters. The smallest absolute Gasteiger partial charge is 0.302 e. The van der Waals surface area contributed by atoms with E-state index < -0.39 is 0 Å². The van der Waals surface area contributed by atoms with E-state index in [4.69, 9.17) is 21.1 Å². The fourth-order valence-electron chi connectivity index (χ4n) is 1.69. The van der Waals surface area contributed by atoms with Gasteiger partial charge in [0, 0.05) is 13.3 Å². The first-order valence-corrected chi connectivity index (χ1v) is 7.47. The lowest BCUT2D eigenvalue weighted by molar-refractivity contribution is -0.140. The highest BCUT2D eigenvalue weighted by atomic mass is 79.9. The van der Waals surface area contributed by atoms with Gasteiger partial charge in [-0.05, 0) is 52.4 Å². The van der Waals surface area contributed by atoms with E-state index in [1.54, 1.807) is 0 Å². The standard InChI is InChI=1S/C14H16BrClO3/c1-9(17)18-5-4-11-6-12(15)14(13(16)7-11)19-8-10-2-3-10/h6-7,10H,2-5,8H2,1H3. The van der Waals surface area contributed by atoms with Crippen molar-refractivity contribution in [1.82, 2.24) is 0 Å². The van der Waals surface area contributed by atoms with Gasteiger partial charge >= 0.3 is 5.97 Å². The maximum absolute atomic E-state index is 10.7. The molecule has 5 heteroatoms. The summed E-state index contributed by atoms with van der Waals surface area (Å²) in [6.07, 6.45) is 3.13. The molecular weight excluding hydrogens is 332 g/mol. The second kappa shape index (κ2) is 6.62. The lowest BCUT2D eigenvalue weighted by Crippen LogP contribution is -2.04. The third-order valence-electron chi connectivity index (χ3n) is 2.91. The van der Waals surface area contributed by atoms with Gasteiger partial charge in [-0.15, -0.1) is 0 Å². The molecular formula is C14H16BrClO3. The van der Waals surface area contributed by atoms with Crippen LogP contribution in [0.5, 0.6) is 5.75 Å². The zero-order chi connectivity index (χ0) is 13.8. The molecule has 1 saturated carbocycles.